The Morgan fingerprint density at radius 3 is 3.00 bits per heavy atom. The zero-order valence-electron chi connectivity index (χ0n) is 12.6. The van der Waals surface area contributed by atoms with Crippen LogP contribution in [0.5, 0.6) is 0 Å². The summed E-state index contributed by atoms with van der Waals surface area (Å²) in [6, 6.07) is 6.54. The third-order valence-corrected chi connectivity index (χ3v) is 4.78. The van der Waals surface area contributed by atoms with Gasteiger partial charge in [-0.25, -0.2) is 9.07 Å². The van der Waals surface area contributed by atoms with Crippen LogP contribution in [0.15, 0.2) is 29.4 Å². The van der Waals surface area contributed by atoms with E-state index in [0.29, 0.717) is 17.7 Å². The Hall–Kier alpha value is -1.96. The molecule has 0 atom stereocenters. The van der Waals surface area contributed by atoms with Gasteiger partial charge in [-0.15, -0.1) is 5.10 Å². The molecular weight excluding hydrogens is 317 g/mol. The monoisotopic (exact) mass is 335 g/mol. The van der Waals surface area contributed by atoms with Crippen molar-refractivity contribution in [3.05, 3.63) is 35.6 Å². The average Bonchev–Trinajstić information content (AvgIpc) is 3.21. The molecule has 1 aliphatic carbocycles. The van der Waals surface area contributed by atoms with Crippen LogP contribution < -0.4 is 5.32 Å². The quantitative estimate of drug-likeness (QED) is 0.820. The Labute approximate surface area is 137 Å². The van der Waals surface area contributed by atoms with E-state index in [2.05, 4.69) is 20.8 Å². The Balaban J connectivity index is 1.48. The molecule has 0 spiro atoms. The maximum Gasteiger partial charge on any atom is 0.230 e. The van der Waals surface area contributed by atoms with Crippen LogP contribution >= 0.6 is 11.8 Å². The van der Waals surface area contributed by atoms with Gasteiger partial charge >= 0.3 is 0 Å². The summed E-state index contributed by atoms with van der Waals surface area (Å²) in [5, 5.41) is 15.2. The molecule has 0 bridgehead atoms. The van der Waals surface area contributed by atoms with Crippen molar-refractivity contribution in [2.24, 2.45) is 0 Å². The van der Waals surface area contributed by atoms with Crippen molar-refractivity contribution in [2.75, 3.05) is 5.75 Å². The summed E-state index contributed by atoms with van der Waals surface area (Å²) in [5.74, 6) is -0.190. The lowest BCUT2D eigenvalue weighted by Crippen LogP contribution is -2.24. The molecule has 3 rings (SSSR count). The minimum atomic E-state index is -0.304. The number of amides is 1. The number of carbonyl (C=O) groups is 1. The van der Waals surface area contributed by atoms with Gasteiger partial charge in [-0.05, 0) is 41.0 Å². The van der Waals surface area contributed by atoms with Gasteiger partial charge in [0.2, 0.25) is 11.1 Å². The van der Waals surface area contributed by atoms with Crippen LogP contribution in [0.1, 0.15) is 37.3 Å². The van der Waals surface area contributed by atoms with Crippen LogP contribution in [0, 0.1) is 5.82 Å². The van der Waals surface area contributed by atoms with E-state index < -0.39 is 0 Å². The Morgan fingerprint density at radius 1 is 1.39 bits per heavy atom. The fourth-order valence-corrected chi connectivity index (χ4v) is 3.46. The minimum Gasteiger partial charge on any atom is -0.351 e. The van der Waals surface area contributed by atoms with Crippen LogP contribution in [0.25, 0.3) is 0 Å². The molecule has 0 unspecified atom stereocenters. The summed E-state index contributed by atoms with van der Waals surface area (Å²) in [7, 11) is 0. The number of nitrogens with one attached hydrogen (secondary N) is 1. The first kappa shape index (κ1) is 15.9. The van der Waals surface area contributed by atoms with E-state index in [1.807, 2.05) is 4.68 Å². The van der Waals surface area contributed by atoms with E-state index in [-0.39, 0.29) is 17.5 Å². The first-order valence-electron chi connectivity index (χ1n) is 7.64. The van der Waals surface area contributed by atoms with E-state index in [0.717, 1.165) is 18.4 Å². The highest BCUT2D eigenvalue weighted by Gasteiger charge is 2.21. The summed E-state index contributed by atoms with van der Waals surface area (Å²) >= 11 is 1.33. The molecule has 1 amide bonds. The molecule has 0 aliphatic heterocycles. The van der Waals surface area contributed by atoms with E-state index in [9.17, 15) is 9.18 Å². The molecular formula is C15H18FN5OS. The molecule has 2 aromatic rings. The Kier molecular flexibility index (Phi) is 5.22. The van der Waals surface area contributed by atoms with Crippen molar-refractivity contribution < 1.29 is 9.18 Å². The lowest BCUT2D eigenvalue weighted by atomic mass is 10.2. The van der Waals surface area contributed by atoms with E-state index in [4.69, 9.17) is 0 Å². The fourth-order valence-electron chi connectivity index (χ4n) is 2.69. The number of rotatable bonds is 6. The molecule has 122 valence electrons. The lowest BCUT2D eigenvalue weighted by Gasteiger charge is -2.10. The molecule has 1 fully saturated rings. The molecule has 1 aromatic heterocycles. The number of hydrogen-bond acceptors (Lipinski definition) is 5. The molecule has 6 nitrogen and oxygen atoms in total. The molecule has 23 heavy (non-hydrogen) atoms. The fraction of sp³-hybridized carbons (Fsp3) is 0.467. The number of carbonyl (C=O) groups excluding carboxylic acids is 1. The van der Waals surface area contributed by atoms with Crippen LogP contribution in [0.3, 0.4) is 0 Å². The SMILES string of the molecule is O=C(CSc1nnnn1C1CCCC1)NCc1cccc(F)c1. The van der Waals surface area contributed by atoms with Gasteiger partial charge < -0.3 is 5.32 Å². The van der Waals surface area contributed by atoms with Crippen LogP contribution in [-0.2, 0) is 11.3 Å². The molecule has 1 heterocycles. The highest BCUT2D eigenvalue weighted by Crippen LogP contribution is 2.31. The predicted octanol–water partition coefficient (Wildman–Crippen LogP) is 2.34. The second-order valence-electron chi connectivity index (χ2n) is 5.54. The third-order valence-electron chi connectivity index (χ3n) is 3.84. The van der Waals surface area contributed by atoms with Crippen molar-refractivity contribution in [1.82, 2.24) is 25.5 Å². The molecule has 1 aliphatic rings. The normalized spacial score (nSPS) is 15.0. The maximum absolute atomic E-state index is 13.1. The zero-order chi connectivity index (χ0) is 16.1. The van der Waals surface area contributed by atoms with Gasteiger partial charge in [-0.1, -0.05) is 36.7 Å². The number of halogens is 1. The second kappa shape index (κ2) is 7.54. The smallest absolute Gasteiger partial charge is 0.230 e. The zero-order valence-corrected chi connectivity index (χ0v) is 13.4. The summed E-state index contributed by atoms with van der Waals surface area (Å²) < 4.78 is 14.9. The number of nitrogens with zero attached hydrogens (tertiary/aromatic N) is 4. The van der Waals surface area contributed by atoms with E-state index >= 15 is 0 Å². The van der Waals surface area contributed by atoms with Crippen LogP contribution in [0.2, 0.25) is 0 Å². The second-order valence-corrected chi connectivity index (χ2v) is 6.48. The van der Waals surface area contributed by atoms with Gasteiger partial charge in [0.05, 0.1) is 11.8 Å². The van der Waals surface area contributed by atoms with Gasteiger partial charge in [0.15, 0.2) is 0 Å². The van der Waals surface area contributed by atoms with Crippen molar-refractivity contribution in [2.45, 2.75) is 43.4 Å². The van der Waals surface area contributed by atoms with Gasteiger partial charge in [-0.3, -0.25) is 4.79 Å². The van der Waals surface area contributed by atoms with Crippen molar-refractivity contribution in [3.8, 4) is 0 Å². The summed E-state index contributed by atoms with van der Waals surface area (Å²) in [5.41, 5.74) is 0.735. The molecule has 8 heteroatoms. The first-order chi connectivity index (χ1) is 11.2. The summed E-state index contributed by atoms with van der Waals surface area (Å²) in [6.07, 6.45) is 4.57. The van der Waals surface area contributed by atoms with Gasteiger partial charge in [-0.2, -0.15) is 0 Å². The summed E-state index contributed by atoms with van der Waals surface area (Å²) in [4.78, 5) is 11.9. The van der Waals surface area contributed by atoms with Crippen LogP contribution in [-0.4, -0.2) is 31.9 Å². The van der Waals surface area contributed by atoms with Gasteiger partial charge in [0, 0.05) is 6.54 Å². The predicted molar refractivity (Wildman–Crippen MR) is 84.3 cm³/mol. The molecule has 1 saturated carbocycles. The topological polar surface area (TPSA) is 72.7 Å². The Bertz CT molecular complexity index is 671. The molecule has 1 aromatic carbocycles. The standard InChI is InChI=1S/C15H18FN5OS/c16-12-5-3-4-11(8-12)9-17-14(22)10-23-15-18-19-20-21(15)13-6-1-2-7-13/h3-5,8,13H,1-2,6-7,9-10H2,(H,17,22). The average molecular weight is 335 g/mol. The highest BCUT2D eigenvalue weighted by molar-refractivity contribution is 7.99. The third kappa shape index (κ3) is 4.28. The number of tetrazole rings is 1. The maximum atomic E-state index is 13.1. The van der Waals surface area contributed by atoms with Crippen molar-refractivity contribution in [1.29, 1.82) is 0 Å². The summed E-state index contributed by atoms with van der Waals surface area (Å²) in [6.45, 7) is 0.310. The number of benzene rings is 1. The minimum absolute atomic E-state index is 0.125. The molecule has 0 radical (unpaired) electrons. The Morgan fingerprint density at radius 2 is 2.22 bits per heavy atom. The van der Waals surface area contributed by atoms with Gasteiger partial charge in [0.1, 0.15) is 5.82 Å². The van der Waals surface area contributed by atoms with Crippen molar-refractivity contribution >= 4 is 17.7 Å². The van der Waals surface area contributed by atoms with E-state index in [1.165, 1.54) is 36.7 Å². The first-order valence-corrected chi connectivity index (χ1v) is 8.63. The van der Waals surface area contributed by atoms with E-state index in [1.54, 1.807) is 12.1 Å². The molecule has 0 saturated heterocycles. The van der Waals surface area contributed by atoms with Gasteiger partial charge in [0.25, 0.3) is 0 Å². The largest absolute Gasteiger partial charge is 0.351 e. The molecule has 1 N–H and O–H groups in total. The highest BCUT2D eigenvalue weighted by atomic mass is 32.2. The number of hydrogen-bond donors (Lipinski definition) is 1. The van der Waals surface area contributed by atoms with Crippen LogP contribution in [0.4, 0.5) is 4.39 Å². The lowest BCUT2D eigenvalue weighted by molar-refractivity contribution is -0.118. The number of thioether (sulfide) groups is 1. The number of aromatic nitrogens is 4. The van der Waals surface area contributed by atoms with Crippen molar-refractivity contribution in [3.63, 3.8) is 0 Å².